The zero-order valence-electron chi connectivity index (χ0n) is 11.1. The van der Waals surface area contributed by atoms with Crippen LogP contribution in [0.3, 0.4) is 0 Å². The number of nitriles is 1. The number of Topliss-reactive ketones (excluding diaryl/α,β-unsaturated/α-hetero) is 1. The van der Waals surface area contributed by atoms with Crippen LogP contribution in [0, 0.1) is 11.3 Å². The Morgan fingerprint density at radius 1 is 1.05 bits per heavy atom. The zero-order chi connectivity index (χ0) is 14.1. The summed E-state index contributed by atoms with van der Waals surface area (Å²) < 4.78 is 0. The van der Waals surface area contributed by atoms with Gasteiger partial charge in [-0.05, 0) is 31.2 Å². The van der Waals surface area contributed by atoms with Crippen molar-refractivity contribution in [2.45, 2.75) is 13.8 Å². The van der Waals surface area contributed by atoms with Gasteiger partial charge in [0.15, 0.2) is 5.78 Å². The summed E-state index contributed by atoms with van der Waals surface area (Å²) in [5.41, 5.74) is 2.55. The lowest BCUT2D eigenvalue weighted by Gasteiger charge is -2.09. The largest absolute Gasteiger partial charge is 0.355 e. The molecule has 2 aromatic rings. The van der Waals surface area contributed by atoms with Crippen LogP contribution in [0.25, 0.3) is 0 Å². The van der Waals surface area contributed by atoms with Crippen LogP contribution in [-0.4, -0.2) is 5.78 Å². The maximum absolute atomic E-state index is 11.4. The monoisotopic (exact) mass is 252 g/mol. The van der Waals surface area contributed by atoms with Crippen molar-refractivity contribution in [3.05, 3.63) is 60.2 Å². The third kappa shape index (κ3) is 4.64. The molecule has 0 bridgehead atoms. The number of anilines is 2. The highest BCUT2D eigenvalue weighted by Crippen LogP contribution is 2.20. The topological polar surface area (TPSA) is 52.9 Å². The van der Waals surface area contributed by atoms with Gasteiger partial charge in [0, 0.05) is 23.9 Å². The minimum absolute atomic E-state index is 0.0685. The first-order chi connectivity index (χ1) is 9.19. The van der Waals surface area contributed by atoms with Gasteiger partial charge in [-0.25, -0.2) is 0 Å². The van der Waals surface area contributed by atoms with Crippen molar-refractivity contribution >= 4 is 17.2 Å². The number of para-hydroxylation sites is 2. The first-order valence-corrected chi connectivity index (χ1v) is 5.92. The van der Waals surface area contributed by atoms with E-state index in [2.05, 4.69) is 5.32 Å². The number of carbonyl (C=O) groups excluding carboxylic acids is 1. The van der Waals surface area contributed by atoms with Crippen LogP contribution in [0.4, 0.5) is 11.4 Å². The molecule has 3 heteroatoms. The van der Waals surface area contributed by atoms with Gasteiger partial charge in [0.25, 0.3) is 0 Å². The number of carbonyl (C=O) groups is 1. The summed E-state index contributed by atoms with van der Waals surface area (Å²) >= 11 is 0. The Morgan fingerprint density at radius 3 is 2.16 bits per heavy atom. The molecule has 0 saturated heterocycles. The summed E-state index contributed by atoms with van der Waals surface area (Å²) in [6.45, 7) is 3.01. The van der Waals surface area contributed by atoms with Crippen molar-refractivity contribution in [2.24, 2.45) is 0 Å². The molecule has 0 spiro atoms. The van der Waals surface area contributed by atoms with Crippen molar-refractivity contribution in [3.8, 4) is 6.07 Å². The predicted octanol–water partition coefficient (Wildman–Crippen LogP) is 4.16. The van der Waals surface area contributed by atoms with Crippen LogP contribution in [0.5, 0.6) is 0 Å². The van der Waals surface area contributed by atoms with Gasteiger partial charge in [-0.2, -0.15) is 5.26 Å². The molecule has 0 aliphatic rings. The summed E-state index contributed by atoms with van der Waals surface area (Å²) in [5, 5.41) is 10.6. The highest BCUT2D eigenvalue weighted by Gasteiger charge is 2.05. The van der Waals surface area contributed by atoms with Crippen molar-refractivity contribution in [2.75, 3.05) is 5.32 Å². The van der Waals surface area contributed by atoms with E-state index in [0.717, 1.165) is 11.4 Å². The molecular weight excluding hydrogens is 236 g/mol. The van der Waals surface area contributed by atoms with Crippen molar-refractivity contribution in [1.82, 2.24) is 0 Å². The smallest absolute Gasteiger partial charge is 0.161 e. The Kier molecular flexibility index (Phi) is 5.84. The Balaban J connectivity index is 0.000000550. The minimum Gasteiger partial charge on any atom is -0.355 e. The third-order valence-electron chi connectivity index (χ3n) is 2.36. The molecule has 0 aliphatic heterocycles. The maximum atomic E-state index is 11.4. The quantitative estimate of drug-likeness (QED) is 0.834. The average Bonchev–Trinajstić information content (AvgIpc) is 2.41. The second kappa shape index (κ2) is 7.67. The third-order valence-corrected chi connectivity index (χ3v) is 2.36. The lowest BCUT2D eigenvalue weighted by Crippen LogP contribution is -1.99. The summed E-state index contributed by atoms with van der Waals surface area (Å²) in [6.07, 6.45) is 0. The van der Waals surface area contributed by atoms with Gasteiger partial charge in [0.2, 0.25) is 0 Å². The molecule has 2 aromatic carbocycles. The van der Waals surface area contributed by atoms with E-state index in [1.165, 1.54) is 6.92 Å². The zero-order valence-corrected chi connectivity index (χ0v) is 11.1. The number of hydrogen-bond donors (Lipinski definition) is 1. The van der Waals surface area contributed by atoms with E-state index in [9.17, 15) is 4.79 Å². The van der Waals surface area contributed by atoms with Gasteiger partial charge in [0.1, 0.15) is 0 Å². The van der Waals surface area contributed by atoms with Gasteiger partial charge in [-0.1, -0.05) is 30.3 Å². The van der Waals surface area contributed by atoms with Gasteiger partial charge in [-0.3, -0.25) is 4.79 Å². The Hall–Kier alpha value is -2.60. The number of nitrogens with zero attached hydrogens (tertiary/aromatic N) is 1. The number of nitrogens with one attached hydrogen (secondary N) is 1. The molecule has 2 rings (SSSR count). The number of hydrogen-bond acceptors (Lipinski definition) is 3. The number of rotatable bonds is 3. The fourth-order valence-electron chi connectivity index (χ4n) is 1.58. The van der Waals surface area contributed by atoms with E-state index in [1.54, 1.807) is 13.0 Å². The van der Waals surface area contributed by atoms with Crippen LogP contribution in [-0.2, 0) is 0 Å². The second-order valence-corrected chi connectivity index (χ2v) is 3.82. The van der Waals surface area contributed by atoms with Crippen LogP contribution in [0.15, 0.2) is 54.6 Å². The molecule has 0 saturated carbocycles. The molecule has 96 valence electrons. The summed E-state index contributed by atoms with van der Waals surface area (Å²) in [5.74, 6) is 0.0685. The van der Waals surface area contributed by atoms with E-state index < -0.39 is 0 Å². The summed E-state index contributed by atoms with van der Waals surface area (Å²) in [6, 6.07) is 19.1. The van der Waals surface area contributed by atoms with Gasteiger partial charge in [0.05, 0.1) is 6.07 Å². The summed E-state index contributed by atoms with van der Waals surface area (Å²) in [7, 11) is 0. The van der Waals surface area contributed by atoms with Gasteiger partial charge < -0.3 is 5.32 Å². The minimum atomic E-state index is 0.0685. The Labute approximate surface area is 113 Å². The van der Waals surface area contributed by atoms with E-state index in [-0.39, 0.29) is 5.78 Å². The van der Waals surface area contributed by atoms with Crippen LogP contribution in [0.2, 0.25) is 0 Å². The molecule has 0 unspecified atom stereocenters. The standard InChI is InChI=1S/C14H13NO.C2H3N/c1-11(16)13-9-5-6-10-14(13)15-12-7-3-2-4-8-12;1-2-3/h2-10,15H,1H3;1H3. The second-order valence-electron chi connectivity index (χ2n) is 3.82. The van der Waals surface area contributed by atoms with Crippen LogP contribution >= 0.6 is 0 Å². The summed E-state index contributed by atoms with van der Waals surface area (Å²) in [4.78, 5) is 11.4. The van der Waals surface area contributed by atoms with E-state index in [0.29, 0.717) is 5.56 Å². The molecule has 0 aromatic heterocycles. The molecule has 0 amide bonds. The first-order valence-electron chi connectivity index (χ1n) is 5.92. The van der Waals surface area contributed by atoms with Gasteiger partial charge in [-0.15, -0.1) is 0 Å². The lowest BCUT2D eigenvalue weighted by molar-refractivity contribution is 0.101. The van der Waals surface area contributed by atoms with Crippen molar-refractivity contribution in [3.63, 3.8) is 0 Å². The number of ketones is 1. The molecule has 19 heavy (non-hydrogen) atoms. The first kappa shape index (κ1) is 14.5. The predicted molar refractivity (Wildman–Crippen MR) is 77.5 cm³/mol. The highest BCUT2D eigenvalue weighted by atomic mass is 16.1. The normalized spacial score (nSPS) is 8.68. The van der Waals surface area contributed by atoms with E-state index in [4.69, 9.17) is 5.26 Å². The number of benzene rings is 2. The fourth-order valence-corrected chi connectivity index (χ4v) is 1.58. The van der Waals surface area contributed by atoms with Crippen LogP contribution in [0.1, 0.15) is 24.2 Å². The molecule has 0 heterocycles. The fraction of sp³-hybridized carbons (Fsp3) is 0.125. The van der Waals surface area contributed by atoms with E-state index in [1.807, 2.05) is 54.6 Å². The lowest BCUT2D eigenvalue weighted by atomic mass is 10.1. The maximum Gasteiger partial charge on any atom is 0.161 e. The van der Waals surface area contributed by atoms with Gasteiger partial charge >= 0.3 is 0 Å². The average molecular weight is 252 g/mol. The van der Waals surface area contributed by atoms with Crippen molar-refractivity contribution in [1.29, 1.82) is 5.26 Å². The Bertz CT molecular complexity index is 571. The van der Waals surface area contributed by atoms with E-state index >= 15 is 0 Å². The van der Waals surface area contributed by atoms with Crippen LogP contribution < -0.4 is 5.32 Å². The molecule has 1 N–H and O–H groups in total. The Morgan fingerprint density at radius 2 is 1.58 bits per heavy atom. The molecule has 0 atom stereocenters. The molecular formula is C16H16N2O. The van der Waals surface area contributed by atoms with Crippen molar-refractivity contribution < 1.29 is 4.79 Å². The molecule has 0 fully saturated rings. The molecule has 3 nitrogen and oxygen atoms in total. The molecule has 0 aliphatic carbocycles. The molecule has 0 radical (unpaired) electrons. The highest BCUT2D eigenvalue weighted by molar-refractivity contribution is 6.00. The SMILES string of the molecule is CC#N.CC(=O)c1ccccc1Nc1ccccc1.